The highest BCUT2D eigenvalue weighted by Gasteiger charge is 2.35. The lowest BCUT2D eigenvalue weighted by Crippen LogP contribution is -2.34. The molecule has 0 amide bonds. The summed E-state index contributed by atoms with van der Waals surface area (Å²) in [6.07, 6.45) is 0.349. The van der Waals surface area contributed by atoms with Crippen LogP contribution in [0.3, 0.4) is 0 Å². The van der Waals surface area contributed by atoms with Crippen LogP contribution in [0.2, 0.25) is 0 Å². The van der Waals surface area contributed by atoms with Crippen molar-refractivity contribution in [1.82, 2.24) is 0 Å². The molecule has 0 N–H and O–H groups in total. The van der Waals surface area contributed by atoms with Crippen molar-refractivity contribution in [2.75, 3.05) is 12.4 Å². The topological polar surface area (TPSA) is 43.4 Å². The fourth-order valence-corrected chi connectivity index (χ4v) is 1.13. The standard InChI is InChI=1S/C8H13BrO3/c1-8(2,7(11)12-3)6(10)4-5-9/h4-5H2,1-3H3. The Balaban J connectivity index is 4.38. The van der Waals surface area contributed by atoms with Gasteiger partial charge in [0, 0.05) is 11.8 Å². The van der Waals surface area contributed by atoms with Crippen molar-refractivity contribution in [2.24, 2.45) is 5.41 Å². The smallest absolute Gasteiger partial charge is 0.318 e. The summed E-state index contributed by atoms with van der Waals surface area (Å²) in [6, 6.07) is 0. The van der Waals surface area contributed by atoms with Gasteiger partial charge >= 0.3 is 5.97 Å². The Labute approximate surface area is 80.6 Å². The molecule has 0 atom stereocenters. The van der Waals surface area contributed by atoms with Crippen LogP contribution in [-0.2, 0) is 14.3 Å². The number of alkyl halides is 1. The van der Waals surface area contributed by atoms with E-state index in [0.29, 0.717) is 11.8 Å². The van der Waals surface area contributed by atoms with E-state index in [2.05, 4.69) is 20.7 Å². The Kier molecular flexibility index (Phi) is 4.45. The van der Waals surface area contributed by atoms with E-state index < -0.39 is 11.4 Å². The maximum absolute atomic E-state index is 11.3. The van der Waals surface area contributed by atoms with Gasteiger partial charge in [-0.2, -0.15) is 0 Å². The molecule has 0 rings (SSSR count). The fourth-order valence-electron chi connectivity index (χ4n) is 0.767. The van der Waals surface area contributed by atoms with Gasteiger partial charge in [0.05, 0.1) is 7.11 Å². The molecule has 0 aliphatic rings. The highest BCUT2D eigenvalue weighted by Crippen LogP contribution is 2.20. The first-order valence-electron chi connectivity index (χ1n) is 3.64. The number of hydrogen-bond donors (Lipinski definition) is 0. The zero-order valence-electron chi connectivity index (χ0n) is 7.52. The summed E-state index contributed by atoms with van der Waals surface area (Å²) < 4.78 is 4.51. The van der Waals surface area contributed by atoms with Gasteiger partial charge in [0.1, 0.15) is 11.2 Å². The quantitative estimate of drug-likeness (QED) is 0.423. The SMILES string of the molecule is COC(=O)C(C)(C)C(=O)CCBr. The summed E-state index contributed by atoms with van der Waals surface area (Å²) in [5.41, 5.74) is -1.01. The van der Waals surface area contributed by atoms with Gasteiger partial charge in [-0.3, -0.25) is 9.59 Å². The lowest BCUT2D eigenvalue weighted by Gasteiger charge is -2.18. The highest BCUT2D eigenvalue weighted by atomic mass is 79.9. The van der Waals surface area contributed by atoms with Crippen LogP contribution in [0.25, 0.3) is 0 Å². The summed E-state index contributed by atoms with van der Waals surface area (Å²) in [5.74, 6) is -0.584. The molecule has 0 saturated carbocycles. The second kappa shape index (κ2) is 4.60. The van der Waals surface area contributed by atoms with Crippen LogP contribution in [0.15, 0.2) is 0 Å². The van der Waals surface area contributed by atoms with E-state index in [4.69, 9.17) is 0 Å². The van der Waals surface area contributed by atoms with Crippen LogP contribution in [-0.4, -0.2) is 24.2 Å². The van der Waals surface area contributed by atoms with Crippen molar-refractivity contribution in [3.05, 3.63) is 0 Å². The molecule has 70 valence electrons. The number of ketones is 1. The molecular formula is C8H13BrO3. The van der Waals surface area contributed by atoms with Gasteiger partial charge in [-0.15, -0.1) is 0 Å². The van der Waals surface area contributed by atoms with Gasteiger partial charge in [0.2, 0.25) is 0 Å². The van der Waals surface area contributed by atoms with Gasteiger partial charge in [-0.1, -0.05) is 15.9 Å². The minimum absolute atomic E-state index is 0.105. The third-order valence-corrected chi connectivity index (χ3v) is 2.11. The van der Waals surface area contributed by atoms with Crippen LogP contribution >= 0.6 is 15.9 Å². The van der Waals surface area contributed by atoms with Crippen LogP contribution in [0.1, 0.15) is 20.3 Å². The normalized spacial score (nSPS) is 11.0. The average Bonchev–Trinajstić information content (AvgIpc) is 2.03. The number of ether oxygens (including phenoxy) is 1. The van der Waals surface area contributed by atoms with Crippen LogP contribution in [0.5, 0.6) is 0 Å². The molecule has 4 heteroatoms. The van der Waals surface area contributed by atoms with E-state index in [1.54, 1.807) is 13.8 Å². The van der Waals surface area contributed by atoms with Crippen molar-refractivity contribution in [1.29, 1.82) is 0 Å². The molecule has 0 radical (unpaired) electrons. The third-order valence-electron chi connectivity index (χ3n) is 1.71. The van der Waals surface area contributed by atoms with Crippen molar-refractivity contribution in [3.8, 4) is 0 Å². The molecule has 0 aliphatic carbocycles. The zero-order chi connectivity index (χ0) is 9.78. The Morgan fingerprint density at radius 3 is 2.25 bits per heavy atom. The van der Waals surface area contributed by atoms with Gasteiger partial charge in [-0.05, 0) is 13.8 Å². The first-order chi connectivity index (χ1) is 5.46. The van der Waals surface area contributed by atoms with Crippen molar-refractivity contribution in [2.45, 2.75) is 20.3 Å². The van der Waals surface area contributed by atoms with Gasteiger partial charge in [0.25, 0.3) is 0 Å². The second-order valence-electron chi connectivity index (χ2n) is 2.98. The van der Waals surface area contributed by atoms with Gasteiger partial charge in [0.15, 0.2) is 0 Å². The minimum Gasteiger partial charge on any atom is -0.468 e. The van der Waals surface area contributed by atoms with E-state index in [0.717, 1.165) is 0 Å². The molecule has 12 heavy (non-hydrogen) atoms. The molecule has 0 unspecified atom stereocenters. The predicted octanol–water partition coefficient (Wildman–Crippen LogP) is 1.54. The number of esters is 1. The molecule has 3 nitrogen and oxygen atoms in total. The molecule has 0 aromatic carbocycles. The Morgan fingerprint density at radius 1 is 1.42 bits per heavy atom. The number of hydrogen-bond acceptors (Lipinski definition) is 3. The number of carbonyl (C=O) groups is 2. The summed E-state index contributed by atoms with van der Waals surface area (Å²) in [5, 5.41) is 0.576. The van der Waals surface area contributed by atoms with Crippen molar-refractivity contribution < 1.29 is 14.3 Å². The molecule has 0 aliphatic heterocycles. The van der Waals surface area contributed by atoms with E-state index in [1.807, 2.05) is 0 Å². The molecule has 0 aromatic rings. The number of Topliss-reactive ketones (excluding diaryl/α,β-unsaturated/α-hetero) is 1. The lowest BCUT2D eigenvalue weighted by molar-refractivity contribution is -0.155. The van der Waals surface area contributed by atoms with Crippen LogP contribution in [0.4, 0.5) is 0 Å². The summed E-state index contributed by atoms with van der Waals surface area (Å²) >= 11 is 3.14. The Hall–Kier alpha value is -0.380. The Bertz CT molecular complexity index is 187. The average molecular weight is 237 g/mol. The molecule has 0 saturated heterocycles. The number of rotatable bonds is 4. The maximum Gasteiger partial charge on any atom is 0.318 e. The molecule has 0 fully saturated rings. The molecular weight excluding hydrogens is 224 g/mol. The minimum atomic E-state index is -1.01. The molecule has 0 heterocycles. The van der Waals surface area contributed by atoms with Gasteiger partial charge in [-0.25, -0.2) is 0 Å². The van der Waals surface area contributed by atoms with Crippen LogP contribution < -0.4 is 0 Å². The maximum atomic E-state index is 11.3. The summed E-state index contributed by atoms with van der Waals surface area (Å²) in [6.45, 7) is 3.15. The van der Waals surface area contributed by atoms with E-state index in [-0.39, 0.29) is 5.78 Å². The number of methoxy groups -OCH3 is 1. The summed E-state index contributed by atoms with van der Waals surface area (Å²) in [7, 11) is 1.28. The number of carbonyl (C=O) groups excluding carboxylic acids is 2. The van der Waals surface area contributed by atoms with Gasteiger partial charge < -0.3 is 4.74 Å². The monoisotopic (exact) mass is 236 g/mol. The fraction of sp³-hybridized carbons (Fsp3) is 0.750. The third kappa shape index (κ3) is 2.59. The van der Waals surface area contributed by atoms with Crippen LogP contribution in [0, 0.1) is 5.41 Å². The van der Waals surface area contributed by atoms with E-state index in [9.17, 15) is 9.59 Å². The van der Waals surface area contributed by atoms with E-state index >= 15 is 0 Å². The number of halogens is 1. The lowest BCUT2D eigenvalue weighted by atomic mass is 9.87. The Morgan fingerprint density at radius 2 is 1.92 bits per heavy atom. The second-order valence-corrected chi connectivity index (χ2v) is 3.77. The molecule has 0 bridgehead atoms. The molecule has 0 aromatic heterocycles. The molecule has 0 spiro atoms. The highest BCUT2D eigenvalue weighted by molar-refractivity contribution is 9.09. The summed E-state index contributed by atoms with van der Waals surface area (Å²) in [4.78, 5) is 22.4. The van der Waals surface area contributed by atoms with E-state index in [1.165, 1.54) is 7.11 Å². The predicted molar refractivity (Wildman–Crippen MR) is 49.2 cm³/mol. The van der Waals surface area contributed by atoms with Crippen molar-refractivity contribution in [3.63, 3.8) is 0 Å². The first-order valence-corrected chi connectivity index (χ1v) is 4.76. The van der Waals surface area contributed by atoms with Crippen molar-refractivity contribution >= 4 is 27.7 Å². The largest absolute Gasteiger partial charge is 0.468 e. The first kappa shape index (κ1) is 11.6. The zero-order valence-corrected chi connectivity index (χ0v) is 9.10.